The predicted octanol–water partition coefficient (Wildman–Crippen LogP) is 4.87. The molecule has 0 unspecified atom stereocenters. The predicted molar refractivity (Wildman–Crippen MR) is 101 cm³/mol. The van der Waals surface area contributed by atoms with Crippen LogP contribution >= 0.6 is 23.1 Å². The molecule has 3 aromatic heterocycles. The van der Waals surface area contributed by atoms with E-state index in [1.54, 1.807) is 23.1 Å². The van der Waals surface area contributed by atoms with Gasteiger partial charge in [0.2, 0.25) is 0 Å². The van der Waals surface area contributed by atoms with E-state index in [-0.39, 0.29) is 0 Å². The Hall–Kier alpha value is -0.980. The maximum absolute atomic E-state index is 5.51. The zero-order chi connectivity index (χ0) is 16.1. The van der Waals surface area contributed by atoms with Gasteiger partial charge in [0.15, 0.2) is 5.16 Å². The molecule has 0 aliphatic heterocycles. The van der Waals surface area contributed by atoms with Crippen LogP contribution in [0.15, 0.2) is 10.2 Å². The third kappa shape index (κ3) is 2.42. The van der Waals surface area contributed by atoms with Crippen molar-refractivity contribution < 1.29 is 0 Å². The topological polar surface area (TPSA) is 38.7 Å². The molecule has 0 saturated carbocycles. The minimum Gasteiger partial charge on any atom is -0.759 e. The molecule has 0 amide bonds. The van der Waals surface area contributed by atoms with Crippen molar-refractivity contribution in [1.82, 2.24) is 15.0 Å². The molecule has 4 rings (SSSR count). The van der Waals surface area contributed by atoms with Gasteiger partial charge in [0.05, 0.1) is 10.2 Å². The summed E-state index contributed by atoms with van der Waals surface area (Å²) in [5.74, 6) is 0.451. The van der Waals surface area contributed by atoms with Gasteiger partial charge < -0.3 is 12.6 Å². The first kappa shape index (κ1) is 15.5. The molecule has 0 N–H and O–H groups in total. The Kier molecular flexibility index (Phi) is 3.94. The Morgan fingerprint density at radius 3 is 2.52 bits per heavy atom. The lowest BCUT2D eigenvalue weighted by Crippen LogP contribution is -2.10. The quantitative estimate of drug-likeness (QED) is 0.282. The minimum absolute atomic E-state index is 0.451. The standard InChI is InChI=1S/C17H19N3S3/c1-8(2)12-10-7-5-4-6-9(10)11-13-14(23-16(11)18-12)15(21)20-17(19-13)22-3/h8H,4-7H2,1-3H3,(H,19,20,21)/p-1. The molecule has 3 nitrogen and oxygen atoms in total. The number of aromatic nitrogens is 3. The lowest BCUT2D eigenvalue weighted by Gasteiger charge is -2.21. The summed E-state index contributed by atoms with van der Waals surface area (Å²) in [6, 6.07) is 0. The average molecular weight is 361 g/mol. The van der Waals surface area contributed by atoms with Crippen molar-refractivity contribution in [2.45, 2.75) is 55.6 Å². The summed E-state index contributed by atoms with van der Waals surface area (Å²) in [5, 5.41) is 2.67. The normalized spacial score (nSPS) is 14.8. The Bertz CT molecular complexity index is 915. The van der Waals surface area contributed by atoms with Crippen LogP contribution in [0, 0.1) is 0 Å². The van der Waals surface area contributed by atoms with Crippen molar-refractivity contribution in [1.29, 1.82) is 0 Å². The van der Waals surface area contributed by atoms with Gasteiger partial charge in [-0.2, -0.15) is 0 Å². The number of hydrogen-bond acceptors (Lipinski definition) is 6. The highest BCUT2D eigenvalue weighted by molar-refractivity contribution is 7.98. The van der Waals surface area contributed by atoms with Crippen LogP contribution in [0.4, 0.5) is 0 Å². The molecule has 0 atom stereocenters. The highest BCUT2D eigenvalue weighted by atomic mass is 32.2. The fraction of sp³-hybridized carbons (Fsp3) is 0.471. The number of thiophene rings is 1. The molecule has 0 radical (unpaired) electrons. The van der Waals surface area contributed by atoms with Crippen LogP contribution in [-0.2, 0) is 25.5 Å². The van der Waals surface area contributed by atoms with E-state index in [0.717, 1.165) is 33.0 Å². The smallest absolute Gasteiger partial charge is 0.186 e. The molecule has 1 aliphatic carbocycles. The molecule has 0 fully saturated rings. The van der Waals surface area contributed by atoms with Crippen LogP contribution in [0.25, 0.3) is 20.4 Å². The van der Waals surface area contributed by atoms with E-state index in [1.807, 2.05) is 6.26 Å². The fourth-order valence-corrected chi connectivity index (χ4v) is 5.25. The molecule has 0 saturated heterocycles. The van der Waals surface area contributed by atoms with E-state index < -0.39 is 0 Å². The zero-order valence-electron chi connectivity index (χ0n) is 13.5. The molecule has 6 heteroatoms. The van der Waals surface area contributed by atoms with Crippen LogP contribution in [-0.4, -0.2) is 21.2 Å². The number of rotatable bonds is 2. The van der Waals surface area contributed by atoms with E-state index in [9.17, 15) is 0 Å². The summed E-state index contributed by atoms with van der Waals surface area (Å²) < 4.78 is 1.02. The van der Waals surface area contributed by atoms with Crippen LogP contribution in [0.3, 0.4) is 0 Å². The van der Waals surface area contributed by atoms with Gasteiger partial charge in [0, 0.05) is 11.1 Å². The summed E-state index contributed by atoms with van der Waals surface area (Å²) in [7, 11) is 0. The van der Waals surface area contributed by atoms with Gasteiger partial charge in [-0.1, -0.05) is 30.6 Å². The van der Waals surface area contributed by atoms with Crippen molar-refractivity contribution in [2.75, 3.05) is 6.26 Å². The summed E-state index contributed by atoms with van der Waals surface area (Å²) in [4.78, 5) is 15.3. The summed E-state index contributed by atoms with van der Waals surface area (Å²) in [6.07, 6.45) is 6.78. The summed E-state index contributed by atoms with van der Waals surface area (Å²) in [5.41, 5.74) is 5.23. The number of thioether (sulfide) groups is 1. The zero-order valence-corrected chi connectivity index (χ0v) is 15.9. The molecule has 3 heterocycles. The fourth-order valence-electron chi connectivity index (χ4n) is 3.48. The van der Waals surface area contributed by atoms with Gasteiger partial charge >= 0.3 is 0 Å². The first-order valence-corrected chi connectivity index (χ1v) is 10.4. The second-order valence-electron chi connectivity index (χ2n) is 6.29. The third-order valence-corrected chi connectivity index (χ3v) is 6.55. The number of aryl methyl sites for hydroxylation is 1. The number of pyridine rings is 1. The van der Waals surface area contributed by atoms with Gasteiger partial charge in [-0.05, 0) is 49.0 Å². The van der Waals surface area contributed by atoms with Gasteiger partial charge in [0.25, 0.3) is 0 Å². The molecule has 0 bridgehead atoms. The molecule has 23 heavy (non-hydrogen) atoms. The maximum atomic E-state index is 5.51. The first-order chi connectivity index (χ1) is 11.1. The molecular formula is C17H18N3S3-. The molecule has 3 aromatic rings. The molecule has 0 aromatic carbocycles. The van der Waals surface area contributed by atoms with E-state index in [0.29, 0.717) is 10.9 Å². The average Bonchev–Trinajstić information content (AvgIpc) is 2.93. The number of hydrogen-bond donors (Lipinski definition) is 0. The first-order valence-electron chi connectivity index (χ1n) is 7.97. The van der Waals surface area contributed by atoms with E-state index in [4.69, 9.17) is 22.6 Å². The summed E-state index contributed by atoms with van der Waals surface area (Å²) >= 11 is 8.72. The highest BCUT2D eigenvalue weighted by Crippen LogP contribution is 2.41. The maximum Gasteiger partial charge on any atom is 0.186 e. The van der Waals surface area contributed by atoms with Gasteiger partial charge in [-0.15, -0.1) is 11.3 Å². The van der Waals surface area contributed by atoms with Crippen molar-refractivity contribution in [3.8, 4) is 0 Å². The van der Waals surface area contributed by atoms with Crippen molar-refractivity contribution >= 4 is 56.2 Å². The lowest BCUT2D eigenvalue weighted by molar-refractivity contribution is 0.667. The molecular weight excluding hydrogens is 342 g/mol. The van der Waals surface area contributed by atoms with Crippen molar-refractivity contribution in [3.05, 3.63) is 16.8 Å². The van der Waals surface area contributed by atoms with Gasteiger partial charge in [0.1, 0.15) is 4.83 Å². The second kappa shape index (κ2) is 5.83. The van der Waals surface area contributed by atoms with Gasteiger partial charge in [-0.3, -0.25) is 4.98 Å². The Balaban J connectivity index is 2.15. The minimum atomic E-state index is 0.451. The summed E-state index contributed by atoms with van der Waals surface area (Å²) in [6.45, 7) is 4.47. The second-order valence-corrected chi connectivity index (χ2v) is 8.45. The van der Waals surface area contributed by atoms with Crippen LogP contribution in [0.1, 0.15) is 49.4 Å². The lowest BCUT2D eigenvalue weighted by atomic mass is 9.86. The Labute approximate surface area is 149 Å². The Morgan fingerprint density at radius 1 is 1.09 bits per heavy atom. The van der Waals surface area contributed by atoms with E-state index in [1.165, 1.54) is 35.0 Å². The number of fused-ring (bicyclic) bond motifs is 5. The van der Waals surface area contributed by atoms with Crippen molar-refractivity contribution in [3.63, 3.8) is 0 Å². The molecule has 120 valence electrons. The SMILES string of the molecule is CSc1nc([S-])c2sc3nc(C(C)C)c4c(c3c2n1)CCCC4. The van der Waals surface area contributed by atoms with Crippen LogP contribution < -0.4 is 0 Å². The third-order valence-electron chi connectivity index (χ3n) is 4.49. The van der Waals surface area contributed by atoms with E-state index >= 15 is 0 Å². The molecule has 1 aliphatic rings. The van der Waals surface area contributed by atoms with Gasteiger partial charge in [-0.25, -0.2) is 9.97 Å². The van der Waals surface area contributed by atoms with E-state index in [2.05, 4.69) is 18.8 Å². The monoisotopic (exact) mass is 360 g/mol. The van der Waals surface area contributed by atoms with Crippen LogP contribution in [0.2, 0.25) is 0 Å². The molecule has 0 spiro atoms. The largest absolute Gasteiger partial charge is 0.759 e. The van der Waals surface area contributed by atoms with Crippen molar-refractivity contribution in [2.24, 2.45) is 0 Å². The Morgan fingerprint density at radius 2 is 1.83 bits per heavy atom. The number of nitrogens with zero attached hydrogens (tertiary/aromatic N) is 3. The highest BCUT2D eigenvalue weighted by Gasteiger charge is 2.23. The van der Waals surface area contributed by atoms with Crippen LogP contribution in [0.5, 0.6) is 0 Å².